The van der Waals surface area contributed by atoms with Crippen molar-refractivity contribution in [3.8, 4) is 22.4 Å². The van der Waals surface area contributed by atoms with Gasteiger partial charge in [-0.1, -0.05) is 64.6 Å². The lowest BCUT2D eigenvalue weighted by molar-refractivity contribution is -0.144. The van der Waals surface area contributed by atoms with Crippen LogP contribution in [0.1, 0.15) is 83.7 Å². The highest BCUT2D eigenvalue weighted by molar-refractivity contribution is 5.96. The van der Waals surface area contributed by atoms with Crippen molar-refractivity contribution in [1.29, 1.82) is 0 Å². The van der Waals surface area contributed by atoms with Crippen LogP contribution in [-0.4, -0.2) is 102 Å². The largest absolute Gasteiger partial charge is 0.467 e. The Balaban J connectivity index is 1.35. The second-order valence-corrected chi connectivity index (χ2v) is 18.2. The third kappa shape index (κ3) is 10.7. The summed E-state index contributed by atoms with van der Waals surface area (Å²) in [5.74, 6) is -1.94. The summed E-state index contributed by atoms with van der Waals surface area (Å²) in [4.78, 5) is 71.6. The van der Waals surface area contributed by atoms with Gasteiger partial charge < -0.3 is 29.6 Å². The Morgan fingerprint density at radius 2 is 1.83 bits per heavy atom. The highest BCUT2D eigenvalue weighted by Crippen LogP contribution is 2.42. The molecule has 342 valence electrons. The number of hydrazine groups is 1. The number of aromatic nitrogens is 2. The van der Waals surface area contributed by atoms with Crippen molar-refractivity contribution in [3.63, 3.8) is 0 Å². The van der Waals surface area contributed by atoms with Gasteiger partial charge in [-0.05, 0) is 98.0 Å². The van der Waals surface area contributed by atoms with Crippen LogP contribution in [0.4, 0.5) is 0 Å². The van der Waals surface area contributed by atoms with Crippen molar-refractivity contribution in [2.75, 3.05) is 33.9 Å². The number of hydrogen-bond donors (Lipinski definition) is 3. The van der Waals surface area contributed by atoms with Crippen molar-refractivity contribution in [2.45, 2.75) is 104 Å². The number of nitrogens with one attached hydrogen (secondary N) is 3. The molecule has 14 nitrogen and oxygen atoms in total. The molecule has 2 aromatic heterocycles. The van der Waals surface area contributed by atoms with Crippen LogP contribution >= 0.6 is 0 Å². The fourth-order valence-corrected chi connectivity index (χ4v) is 9.09. The lowest BCUT2D eigenvalue weighted by Crippen LogP contribution is -2.59. The Morgan fingerprint density at radius 3 is 2.50 bits per heavy atom. The van der Waals surface area contributed by atoms with E-state index in [2.05, 4.69) is 78.3 Å². The van der Waals surface area contributed by atoms with E-state index < -0.39 is 29.3 Å². The SMILES string of the molecule is C=CC(=O)NC1CC1C(=O)N(C)C(C(=O)NC(Cc1cccc(-c2ccc3c(c2)c(CC(C)(C)COC=O)c(-c2cccnc2C(C)OC)n3CC)c1)C(=O)N1CCCCN1)C(C)C. The number of carbonyl (C=O) groups is 5. The molecule has 1 saturated heterocycles. The van der Waals surface area contributed by atoms with Crippen LogP contribution < -0.4 is 16.1 Å². The molecule has 5 atom stereocenters. The number of rotatable bonds is 20. The van der Waals surface area contributed by atoms with Crippen LogP contribution in [0.25, 0.3) is 33.3 Å². The predicted molar refractivity (Wildman–Crippen MR) is 247 cm³/mol. The number of fused-ring (bicyclic) bond motifs is 1. The van der Waals surface area contributed by atoms with Crippen molar-refractivity contribution in [3.05, 3.63) is 90.3 Å². The van der Waals surface area contributed by atoms with Gasteiger partial charge in [-0.15, -0.1) is 0 Å². The molecule has 2 fully saturated rings. The van der Waals surface area contributed by atoms with E-state index in [1.807, 2.05) is 45.0 Å². The maximum atomic E-state index is 14.3. The molecule has 4 aromatic rings. The van der Waals surface area contributed by atoms with E-state index in [9.17, 15) is 24.0 Å². The van der Waals surface area contributed by atoms with Gasteiger partial charge >= 0.3 is 0 Å². The summed E-state index contributed by atoms with van der Waals surface area (Å²) in [7, 11) is 3.29. The van der Waals surface area contributed by atoms with Gasteiger partial charge in [-0.25, -0.2) is 5.43 Å². The molecule has 3 N–H and O–H groups in total. The van der Waals surface area contributed by atoms with E-state index in [0.717, 1.165) is 62.9 Å². The Bertz CT molecular complexity index is 2350. The maximum Gasteiger partial charge on any atom is 0.293 e. The second-order valence-electron chi connectivity index (χ2n) is 18.2. The van der Waals surface area contributed by atoms with E-state index in [1.54, 1.807) is 25.4 Å². The van der Waals surface area contributed by atoms with Crippen molar-refractivity contribution in [2.24, 2.45) is 17.3 Å². The van der Waals surface area contributed by atoms with Crippen LogP contribution in [-0.2, 0) is 52.8 Å². The van der Waals surface area contributed by atoms with E-state index in [4.69, 9.17) is 14.5 Å². The van der Waals surface area contributed by atoms with Gasteiger partial charge in [0.05, 0.1) is 30.0 Å². The van der Waals surface area contributed by atoms with E-state index in [0.29, 0.717) is 38.9 Å². The Morgan fingerprint density at radius 1 is 1.06 bits per heavy atom. The first kappa shape index (κ1) is 47.6. The van der Waals surface area contributed by atoms with Gasteiger partial charge in [0.1, 0.15) is 12.1 Å². The third-order valence-corrected chi connectivity index (χ3v) is 12.5. The summed E-state index contributed by atoms with van der Waals surface area (Å²) in [5, 5.41) is 8.51. The molecule has 0 bridgehead atoms. The van der Waals surface area contributed by atoms with Crippen molar-refractivity contribution < 1.29 is 33.4 Å². The average molecular weight is 876 g/mol. The van der Waals surface area contributed by atoms with Crippen molar-refractivity contribution in [1.82, 2.24) is 35.5 Å². The summed E-state index contributed by atoms with van der Waals surface area (Å²) in [6.07, 6.45) is 5.80. The quantitative estimate of drug-likeness (QED) is 0.0697. The van der Waals surface area contributed by atoms with E-state index >= 15 is 0 Å². The molecule has 2 aliphatic rings. The fraction of sp³-hybridized carbons (Fsp3) is 0.480. The molecule has 2 aromatic carbocycles. The average Bonchev–Trinajstić information content (AvgIpc) is 4.00. The maximum absolute atomic E-state index is 14.3. The van der Waals surface area contributed by atoms with Crippen LogP contribution in [0.3, 0.4) is 0 Å². The number of aryl methyl sites for hydroxylation is 1. The Hall–Kier alpha value is -5.86. The van der Waals surface area contributed by atoms with Crippen LogP contribution in [0, 0.1) is 17.3 Å². The zero-order valence-corrected chi connectivity index (χ0v) is 38.6. The highest BCUT2D eigenvalue weighted by atomic mass is 16.5. The molecule has 14 heteroatoms. The second kappa shape index (κ2) is 20.8. The van der Waals surface area contributed by atoms with Gasteiger partial charge in [0.25, 0.3) is 12.4 Å². The van der Waals surface area contributed by atoms with Crippen LogP contribution in [0.15, 0.2) is 73.4 Å². The van der Waals surface area contributed by atoms with Gasteiger partial charge in [-0.3, -0.25) is 34.0 Å². The summed E-state index contributed by atoms with van der Waals surface area (Å²) >= 11 is 0. The first-order valence-electron chi connectivity index (χ1n) is 22.5. The molecule has 1 aliphatic heterocycles. The number of amides is 4. The first-order valence-corrected chi connectivity index (χ1v) is 22.5. The lowest BCUT2D eigenvalue weighted by Gasteiger charge is -2.34. The normalized spacial score (nSPS) is 17.6. The Kier molecular flexibility index (Phi) is 15.4. The minimum Gasteiger partial charge on any atom is -0.467 e. The van der Waals surface area contributed by atoms with E-state index in [1.165, 1.54) is 11.0 Å². The lowest BCUT2D eigenvalue weighted by atomic mass is 9.84. The minimum atomic E-state index is -0.923. The number of benzene rings is 2. The molecule has 64 heavy (non-hydrogen) atoms. The Labute approximate surface area is 377 Å². The zero-order chi connectivity index (χ0) is 46.3. The molecule has 1 aliphatic carbocycles. The molecule has 0 spiro atoms. The summed E-state index contributed by atoms with van der Waals surface area (Å²) in [5.41, 5.74) is 10.6. The summed E-state index contributed by atoms with van der Waals surface area (Å²) in [6, 6.07) is 16.5. The predicted octanol–water partition coefficient (Wildman–Crippen LogP) is 6.17. The number of carbonyl (C=O) groups excluding carboxylic acids is 5. The monoisotopic (exact) mass is 875 g/mol. The topological polar surface area (TPSA) is 164 Å². The molecule has 6 rings (SSSR count). The number of ether oxygens (including phenoxy) is 2. The minimum absolute atomic E-state index is 0.216. The molecule has 4 amide bonds. The molecular formula is C50H65N7O7. The van der Waals surface area contributed by atoms with Crippen LogP contribution in [0.5, 0.6) is 0 Å². The highest BCUT2D eigenvalue weighted by Gasteiger charge is 2.47. The van der Waals surface area contributed by atoms with Gasteiger partial charge in [0, 0.05) is 74.3 Å². The third-order valence-electron chi connectivity index (χ3n) is 12.5. The molecule has 0 radical (unpaired) electrons. The summed E-state index contributed by atoms with van der Waals surface area (Å²) in [6.45, 7) is 18.2. The molecular weight excluding hydrogens is 811 g/mol. The molecule has 3 heterocycles. The number of hydrogen-bond acceptors (Lipinski definition) is 9. The number of methoxy groups -OCH3 is 1. The number of likely N-dealkylation sites (N-methyl/N-ethyl adjacent to an activating group) is 1. The number of nitrogens with zero attached hydrogens (tertiary/aromatic N) is 4. The first-order chi connectivity index (χ1) is 30.6. The molecule has 1 saturated carbocycles. The zero-order valence-electron chi connectivity index (χ0n) is 38.6. The van der Waals surface area contributed by atoms with Gasteiger partial charge in [-0.2, -0.15) is 0 Å². The van der Waals surface area contributed by atoms with Crippen LogP contribution in [0.2, 0.25) is 0 Å². The fourth-order valence-electron chi connectivity index (χ4n) is 9.09. The molecule has 5 unspecified atom stereocenters. The standard InChI is InChI=1S/C50H65N7O7/c1-10-43(59)53-40-27-38(40)48(61)55(8)45(31(3)4)47(60)54-41(49(62)57-23-13-12-22-52-57)25-33-16-14-17-34(24-33)35-19-20-42-37(26-35)39(28-50(6,7)29-64-30-58)46(56(42)11-2)36-18-15-21-51-44(36)32(5)63-9/h10,14-21,24,26,30-32,38,40-41,45,52H,1,11-13,22-23,25,27-29H2,2-9H3,(H,53,59)(H,54,60). The van der Waals surface area contributed by atoms with Crippen molar-refractivity contribution >= 4 is 41.0 Å². The van der Waals surface area contributed by atoms with Gasteiger partial charge in [0.15, 0.2) is 0 Å². The summed E-state index contributed by atoms with van der Waals surface area (Å²) < 4.78 is 13.4. The van der Waals surface area contributed by atoms with E-state index in [-0.39, 0.29) is 48.8 Å². The smallest absolute Gasteiger partial charge is 0.293 e. The number of pyridine rings is 1. The van der Waals surface area contributed by atoms with Gasteiger partial charge in [0.2, 0.25) is 17.7 Å².